The summed E-state index contributed by atoms with van der Waals surface area (Å²) in [5, 5.41) is 22.9. The average molecular weight is 317 g/mol. The zero-order chi connectivity index (χ0) is 16.6. The molecule has 118 valence electrons. The van der Waals surface area contributed by atoms with E-state index < -0.39 is 0 Å². The largest absolute Gasteiger partial charge is 0.345 e. The minimum atomic E-state index is -0.375. The fourth-order valence-corrected chi connectivity index (χ4v) is 3.61. The van der Waals surface area contributed by atoms with Crippen LogP contribution in [-0.2, 0) is 5.54 Å². The van der Waals surface area contributed by atoms with Crippen molar-refractivity contribution in [2.45, 2.75) is 37.3 Å². The molecule has 3 heterocycles. The van der Waals surface area contributed by atoms with Crippen molar-refractivity contribution in [1.82, 2.24) is 25.0 Å². The summed E-state index contributed by atoms with van der Waals surface area (Å²) in [7, 11) is 0. The molecule has 3 aromatic rings. The number of nitriles is 1. The molecule has 0 saturated heterocycles. The van der Waals surface area contributed by atoms with Crippen LogP contribution in [0.4, 0.5) is 0 Å². The number of rotatable bonds is 3. The molecule has 1 saturated carbocycles. The second-order valence-corrected chi connectivity index (χ2v) is 6.26. The summed E-state index contributed by atoms with van der Waals surface area (Å²) in [4.78, 5) is 6.72. The van der Waals surface area contributed by atoms with Crippen molar-refractivity contribution in [3.63, 3.8) is 0 Å². The molecule has 4 rings (SSSR count). The monoisotopic (exact) mass is 317 g/mol. The average Bonchev–Trinajstić information content (AvgIpc) is 3.33. The number of nitrogens with one attached hydrogen (secondary N) is 1. The molecule has 7 nitrogen and oxygen atoms in total. The zero-order valence-electron chi connectivity index (χ0n) is 13.0. The van der Waals surface area contributed by atoms with Gasteiger partial charge < -0.3 is 9.83 Å². The lowest BCUT2D eigenvalue weighted by atomic mass is 9.94. The number of aromatic nitrogens is 5. The Balaban J connectivity index is 1.76. The molecule has 0 bridgehead atoms. The van der Waals surface area contributed by atoms with Gasteiger partial charge in [-0.3, -0.25) is 4.68 Å². The van der Waals surface area contributed by atoms with Gasteiger partial charge in [0.1, 0.15) is 0 Å². The normalized spacial score (nSPS) is 23.2. The maximum absolute atomic E-state index is 9.26. The predicted molar refractivity (Wildman–Crippen MR) is 87.6 cm³/mol. The van der Waals surface area contributed by atoms with Crippen LogP contribution in [0.1, 0.15) is 25.7 Å². The molecule has 2 atom stereocenters. The number of H-pyrrole nitrogens is 1. The van der Waals surface area contributed by atoms with Gasteiger partial charge in [-0.2, -0.15) is 15.5 Å². The van der Waals surface area contributed by atoms with Gasteiger partial charge in [-0.1, -0.05) is 0 Å². The Morgan fingerprint density at radius 2 is 2.42 bits per heavy atom. The molecule has 0 aromatic carbocycles. The zero-order valence-corrected chi connectivity index (χ0v) is 13.0. The van der Waals surface area contributed by atoms with Crippen LogP contribution in [0.5, 0.6) is 0 Å². The molecule has 24 heavy (non-hydrogen) atoms. The Kier molecular flexibility index (Phi) is 3.28. The first-order valence-corrected chi connectivity index (χ1v) is 7.83. The van der Waals surface area contributed by atoms with Gasteiger partial charge >= 0.3 is 0 Å². The predicted octanol–water partition coefficient (Wildman–Crippen LogP) is 2.90. The number of fused-ring (bicyclic) bond motifs is 1. The van der Waals surface area contributed by atoms with Crippen molar-refractivity contribution < 1.29 is 0 Å². The topological polar surface area (TPSA) is 87.5 Å². The molecular weight excluding hydrogens is 302 g/mol. The number of aromatic amines is 1. The molecule has 2 unspecified atom stereocenters. The summed E-state index contributed by atoms with van der Waals surface area (Å²) in [5.41, 5.74) is 2.26. The Labute approximate surface area is 138 Å². The highest BCUT2D eigenvalue weighted by Gasteiger charge is 2.44. The highest BCUT2D eigenvalue weighted by atomic mass is 15.3. The molecule has 0 spiro atoms. The second kappa shape index (κ2) is 5.47. The molecule has 0 radical (unpaired) electrons. The van der Waals surface area contributed by atoms with Gasteiger partial charge in [0.25, 0.3) is 0 Å². The second-order valence-electron chi connectivity index (χ2n) is 6.26. The van der Waals surface area contributed by atoms with Gasteiger partial charge in [0.05, 0.1) is 30.4 Å². The van der Waals surface area contributed by atoms with E-state index in [2.05, 4.69) is 31.2 Å². The van der Waals surface area contributed by atoms with Gasteiger partial charge in [-0.25, -0.2) is 6.57 Å². The van der Waals surface area contributed by atoms with Crippen molar-refractivity contribution >= 4 is 11.0 Å². The number of nitrogens with zero attached hydrogens (tertiary/aromatic N) is 6. The Bertz CT molecular complexity index is 971. The van der Waals surface area contributed by atoms with Gasteiger partial charge in [0, 0.05) is 41.7 Å². The van der Waals surface area contributed by atoms with E-state index in [0.717, 1.165) is 35.0 Å². The standard InChI is InChI=1S/C17H15N7/c1-19-13-2-4-17(8-13,5-6-18)24-11-12(9-22-24)15-10-21-23-16-14(15)3-7-20-16/h3,7,9-11,13H,2,4-5,8H2,(H,20,23). The van der Waals surface area contributed by atoms with Crippen molar-refractivity contribution in [1.29, 1.82) is 5.26 Å². The summed E-state index contributed by atoms with van der Waals surface area (Å²) in [6, 6.07) is 4.22. The van der Waals surface area contributed by atoms with Gasteiger partial charge in [0.2, 0.25) is 6.04 Å². The van der Waals surface area contributed by atoms with Crippen molar-refractivity contribution in [2.24, 2.45) is 0 Å². The summed E-state index contributed by atoms with van der Waals surface area (Å²) in [6.07, 6.45) is 10.0. The van der Waals surface area contributed by atoms with E-state index in [1.54, 1.807) is 12.4 Å². The first-order valence-electron chi connectivity index (χ1n) is 7.83. The highest BCUT2D eigenvalue weighted by Crippen LogP contribution is 2.41. The van der Waals surface area contributed by atoms with Crippen LogP contribution < -0.4 is 0 Å². The maximum Gasteiger partial charge on any atom is 0.226 e. The first-order chi connectivity index (χ1) is 11.8. The lowest BCUT2D eigenvalue weighted by Gasteiger charge is -2.25. The van der Waals surface area contributed by atoms with Gasteiger partial charge in [-0.15, -0.1) is 5.10 Å². The van der Waals surface area contributed by atoms with Crippen LogP contribution in [0, 0.1) is 17.9 Å². The molecule has 0 amide bonds. The quantitative estimate of drug-likeness (QED) is 0.752. The van der Waals surface area contributed by atoms with Gasteiger partial charge in [0.15, 0.2) is 5.65 Å². The SMILES string of the molecule is [C-]#[N+]C1CCC(CC#N)(n2cc(-c3cnnc4[nH]ccc34)cn2)C1. The van der Waals surface area contributed by atoms with Crippen LogP contribution in [0.2, 0.25) is 0 Å². The Morgan fingerprint density at radius 3 is 3.21 bits per heavy atom. The van der Waals surface area contributed by atoms with Crippen LogP contribution in [0.25, 0.3) is 27.0 Å². The van der Waals surface area contributed by atoms with E-state index in [1.165, 1.54) is 0 Å². The summed E-state index contributed by atoms with van der Waals surface area (Å²) in [5.74, 6) is 0. The van der Waals surface area contributed by atoms with Crippen molar-refractivity contribution in [3.05, 3.63) is 42.3 Å². The minimum absolute atomic E-state index is 0.0232. The summed E-state index contributed by atoms with van der Waals surface area (Å²) < 4.78 is 1.88. The van der Waals surface area contributed by atoms with E-state index in [0.29, 0.717) is 12.8 Å². The van der Waals surface area contributed by atoms with E-state index in [4.69, 9.17) is 6.57 Å². The molecule has 3 aromatic heterocycles. The number of hydrogen-bond acceptors (Lipinski definition) is 4. The molecular formula is C17H15N7. The Hall–Kier alpha value is -3.19. The third-order valence-corrected chi connectivity index (χ3v) is 4.89. The van der Waals surface area contributed by atoms with Crippen LogP contribution >= 0.6 is 0 Å². The van der Waals surface area contributed by atoms with Crippen molar-refractivity contribution in [2.75, 3.05) is 0 Å². The van der Waals surface area contributed by atoms with Crippen LogP contribution in [0.3, 0.4) is 0 Å². The summed E-state index contributed by atoms with van der Waals surface area (Å²) >= 11 is 0. The van der Waals surface area contributed by atoms with E-state index in [-0.39, 0.29) is 11.6 Å². The first kappa shape index (κ1) is 14.4. The molecule has 1 fully saturated rings. The van der Waals surface area contributed by atoms with Crippen molar-refractivity contribution in [3.8, 4) is 17.2 Å². The smallest absolute Gasteiger partial charge is 0.226 e. The molecule has 1 aliphatic rings. The maximum atomic E-state index is 9.26. The summed E-state index contributed by atoms with van der Waals surface area (Å²) in [6.45, 7) is 7.28. The third-order valence-electron chi connectivity index (χ3n) is 4.89. The fourth-order valence-electron chi connectivity index (χ4n) is 3.61. The van der Waals surface area contributed by atoms with E-state index in [1.807, 2.05) is 23.1 Å². The fraction of sp³-hybridized carbons (Fsp3) is 0.353. The lowest BCUT2D eigenvalue weighted by molar-refractivity contribution is 0.268. The molecule has 1 N–H and O–H groups in total. The molecule has 7 heteroatoms. The molecule has 1 aliphatic carbocycles. The molecule has 0 aliphatic heterocycles. The highest BCUT2D eigenvalue weighted by molar-refractivity contribution is 5.91. The van der Waals surface area contributed by atoms with Crippen LogP contribution in [-0.4, -0.2) is 31.0 Å². The van der Waals surface area contributed by atoms with Crippen LogP contribution in [0.15, 0.2) is 30.9 Å². The van der Waals surface area contributed by atoms with Gasteiger partial charge in [-0.05, 0) is 12.5 Å². The lowest BCUT2D eigenvalue weighted by Crippen LogP contribution is -2.31. The van der Waals surface area contributed by atoms with E-state index >= 15 is 0 Å². The Morgan fingerprint density at radius 1 is 1.50 bits per heavy atom. The van der Waals surface area contributed by atoms with E-state index in [9.17, 15) is 5.26 Å². The third kappa shape index (κ3) is 2.14. The number of hydrogen-bond donors (Lipinski definition) is 1. The minimum Gasteiger partial charge on any atom is -0.345 e.